The van der Waals surface area contributed by atoms with Crippen molar-refractivity contribution in [3.8, 4) is 0 Å². The number of aromatic nitrogens is 2. The average molecular weight is 426 g/mol. The van der Waals surface area contributed by atoms with Gasteiger partial charge in [0.25, 0.3) is 0 Å². The largest absolute Gasteiger partial charge is 0.458 e. The SMILES string of the molecule is Cc1ccc(Nc2ncnc3c(C4CCN(C(=O)OC(C)(C)C)CC4)coc23)c(F)c1. The van der Waals surface area contributed by atoms with Crippen molar-refractivity contribution in [3.63, 3.8) is 0 Å². The Hall–Kier alpha value is -3.16. The van der Waals surface area contributed by atoms with Crippen molar-refractivity contribution in [3.05, 3.63) is 47.7 Å². The Morgan fingerprint density at radius 2 is 2.00 bits per heavy atom. The van der Waals surface area contributed by atoms with E-state index < -0.39 is 5.60 Å². The van der Waals surface area contributed by atoms with Gasteiger partial charge in [-0.3, -0.25) is 0 Å². The number of rotatable bonds is 3. The average Bonchev–Trinajstić information content (AvgIpc) is 3.14. The van der Waals surface area contributed by atoms with Crippen molar-refractivity contribution in [2.24, 2.45) is 0 Å². The van der Waals surface area contributed by atoms with Crippen LogP contribution in [-0.4, -0.2) is 39.7 Å². The first-order chi connectivity index (χ1) is 14.7. The molecule has 8 heteroatoms. The number of fused-ring (bicyclic) bond motifs is 1. The van der Waals surface area contributed by atoms with Crippen molar-refractivity contribution in [2.75, 3.05) is 18.4 Å². The number of anilines is 2. The number of halogens is 1. The van der Waals surface area contributed by atoms with Crippen LogP contribution in [0.4, 0.5) is 20.7 Å². The molecular weight excluding hydrogens is 399 g/mol. The van der Waals surface area contributed by atoms with E-state index in [4.69, 9.17) is 9.15 Å². The maximum absolute atomic E-state index is 14.3. The molecule has 0 spiro atoms. The fourth-order valence-corrected chi connectivity index (χ4v) is 3.80. The van der Waals surface area contributed by atoms with Crippen LogP contribution in [-0.2, 0) is 4.74 Å². The van der Waals surface area contributed by atoms with E-state index >= 15 is 0 Å². The monoisotopic (exact) mass is 426 g/mol. The lowest BCUT2D eigenvalue weighted by atomic mass is 9.90. The molecule has 164 valence electrons. The molecule has 1 aliphatic rings. The van der Waals surface area contributed by atoms with Gasteiger partial charge in [0.1, 0.15) is 23.3 Å². The first-order valence-electron chi connectivity index (χ1n) is 10.4. The fraction of sp³-hybridized carbons (Fsp3) is 0.435. The highest BCUT2D eigenvalue weighted by molar-refractivity contribution is 5.88. The zero-order valence-electron chi connectivity index (χ0n) is 18.2. The lowest BCUT2D eigenvalue weighted by Gasteiger charge is -2.33. The maximum Gasteiger partial charge on any atom is 0.410 e. The quantitative estimate of drug-likeness (QED) is 0.593. The van der Waals surface area contributed by atoms with E-state index in [0.29, 0.717) is 35.7 Å². The van der Waals surface area contributed by atoms with Crippen LogP contribution in [0.15, 0.2) is 35.2 Å². The van der Waals surface area contributed by atoms with Crippen LogP contribution in [0.3, 0.4) is 0 Å². The molecule has 4 rings (SSSR count). The van der Waals surface area contributed by atoms with Gasteiger partial charge in [0.2, 0.25) is 0 Å². The molecule has 1 aliphatic heterocycles. The van der Waals surface area contributed by atoms with E-state index in [2.05, 4.69) is 15.3 Å². The highest BCUT2D eigenvalue weighted by Gasteiger charge is 2.29. The summed E-state index contributed by atoms with van der Waals surface area (Å²) >= 11 is 0. The Morgan fingerprint density at radius 1 is 1.26 bits per heavy atom. The molecule has 0 bridgehead atoms. The second-order valence-electron chi connectivity index (χ2n) is 8.94. The third-order valence-corrected chi connectivity index (χ3v) is 5.35. The fourth-order valence-electron chi connectivity index (χ4n) is 3.80. The number of piperidine rings is 1. The third kappa shape index (κ3) is 4.62. The van der Waals surface area contributed by atoms with Crippen LogP contribution in [0, 0.1) is 12.7 Å². The number of aryl methyl sites for hydroxylation is 1. The van der Waals surface area contributed by atoms with Gasteiger partial charge in [-0.05, 0) is 64.2 Å². The summed E-state index contributed by atoms with van der Waals surface area (Å²) in [7, 11) is 0. The predicted octanol–water partition coefficient (Wildman–Crippen LogP) is 5.53. The van der Waals surface area contributed by atoms with Crippen molar-refractivity contribution in [1.82, 2.24) is 14.9 Å². The molecule has 0 saturated carbocycles. The molecule has 0 unspecified atom stereocenters. The molecule has 1 saturated heterocycles. The number of hydrogen-bond donors (Lipinski definition) is 1. The Bertz CT molecular complexity index is 1100. The molecule has 31 heavy (non-hydrogen) atoms. The topological polar surface area (TPSA) is 80.5 Å². The minimum atomic E-state index is -0.508. The van der Waals surface area contributed by atoms with E-state index in [-0.39, 0.29) is 17.8 Å². The minimum absolute atomic E-state index is 0.207. The molecule has 0 radical (unpaired) electrons. The predicted molar refractivity (Wildman–Crippen MR) is 116 cm³/mol. The summed E-state index contributed by atoms with van der Waals surface area (Å²) in [6.07, 6.45) is 4.44. The van der Waals surface area contributed by atoms with Crippen LogP contribution >= 0.6 is 0 Å². The van der Waals surface area contributed by atoms with Crippen molar-refractivity contribution in [2.45, 2.75) is 52.1 Å². The number of nitrogens with one attached hydrogen (secondary N) is 1. The van der Waals surface area contributed by atoms with Gasteiger partial charge in [-0.2, -0.15) is 0 Å². The number of furan rings is 1. The van der Waals surface area contributed by atoms with Gasteiger partial charge in [0.15, 0.2) is 11.4 Å². The molecule has 1 aromatic carbocycles. The lowest BCUT2D eigenvalue weighted by Crippen LogP contribution is -2.41. The summed E-state index contributed by atoms with van der Waals surface area (Å²) < 4.78 is 25.5. The second-order valence-corrected chi connectivity index (χ2v) is 8.94. The first-order valence-corrected chi connectivity index (χ1v) is 10.4. The maximum atomic E-state index is 14.3. The van der Waals surface area contributed by atoms with Crippen molar-refractivity contribution in [1.29, 1.82) is 0 Å². The van der Waals surface area contributed by atoms with Crippen molar-refractivity contribution >= 4 is 28.7 Å². The highest BCUT2D eigenvalue weighted by Crippen LogP contribution is 2.36. The highest BCUT2D eigenvalue weighted by atomic mass is 19.1. The summed E-state index contributed by atoms with van der Waals surface area (Å²) in [6, 6.07) is 4.97. The van der Waals surface area contributed by atoms with Crippen LogP contribution in [0.5, 0.6) is 0 Å². The number of ether oxygens (including phenoxy) is 1. The van der Waals surface area contributed by atoms with E-state index in [1.54, 1.807) is 17.2 Å². The van der Waals surface area contributed by atoms with Gasteiger partial charge in [-0.25, -0.2) is 19.2 Å². The Balaban J connectivity index is 1.50. The molecule has 0 aliphatic carbocycles. The summed E-state index contributed by atoms with van der Waals surface area (Å²) in [5.41, 5.74) is 2.84. The second kappa shape index (κ2) is 8.17. The molecular formula is C23H27FN4O3. The van der Waals surface area contributed by atoms with Crippen LogP contribution in [0.25, 0.3) is 11.1 Å². The van der Waals surface area contributed by atoms with Gasteiger partial charge in [-0.1, -0.05) is 6.07 Å². The number of hydrogen-bond acceptors (Lipinski definition) is 6. The summed E-state index contributed by atoms with van der Waals surface area (Å²) in [4.78, 5) is 22.7. The number of carbonyl (C=O) groups is 1. The van der Waals surface area contributed by atoms with Gasteiger partial charge in [0.05, 0.1) is 12.0 Å². The number of benzene rings is 1. The summed E-state index contributed by atoms with van der Waals surface area (Å²) in [5.74, 6) is 0.275. The van der Waals surface area contributed by atoms with Crippen LogP contribution in [0.2, 0.25) is 0 Å². The first kappa shape index (κ1) is 21.1. The molecule has 1 N–H and O–H groups in total. The van der Waals surface area contributed by atoms with Crippen molar-refractivity contribution < 1.29 is 18.3 Å². The Labute approximate surface area is 180 Å². The van der Waals surface area contributed by atoms with E-state index in [1.807, 2.05) is 33.8 Å². The zero-order valence-corrected chi connectivity index (χ0v) is 18.2. The molecule has 7 nitrogen and oxygen atoms in total. The third-order valence-electron chi connectivity index (χ3n) is 5.35. The van der Waals surface area contributed by atoms with E-state index in [1.165, 1.54) is 12.4 Å². The van der Waals surface area contributed by atoms with Gasteiger partial charge < -0.3 is 19.4 Å². The lowest BCUT2D eigenvalue weighted by molar-refractivity contribution is 0.0205. The number of carbonyl (C=O) groups excluding carboxylic acids is 1. The summed E-state index contributed by atoms with van der Waals surface area (Å²) in [5, 5.41) is 3.01. The normalized spacial score (nSPS) is 15.3. The molecule has 0 atom stereocenters. The molecule has 2 aromatic heterocycles. The van der Waals surface area contributed by atoms with Crippen LogP contribution < -0.4 is 5.32 Å². The molecule has 1 amide bonds. The number of likely N-dealkylation sites (tertiary alicyclic amines) is 1. The number of amides is 1. The Morgan fingerprint density at radius 3 is 2.68 bits per heavy atom. The van der Waals surface area contributed by atoms with E-state index in [0.717, 1.165) is 24.0 Å². The smallest absolute Gasteiger partial charge is 0.410 e. The minimum Gasteiger partial charge on any atom is -0.458 e. The molecule has 3 aromatic rings. The zero-order chi connectivity index (χ0) is 22.2. The summed E-state index contributed by atoms with van der Waals surface area (Å²) in [6.45, 7) is 8.64. The van der Waals surface area contributed by atoms with Gasteiger partial charge in [0, 0.05) is 18.7 Å². The van der Waals surface area contributed by atoms with Gasteiger partial charge >= 0.3 is 6.09 Å². The molecule has 1 fully saturated rings. The Kier molecular flexibility index (Phi) is 5.56. The molecule has 3 heterocycles. The number of nitrogens with zero attached hydrogens (tertiary/aromatic N) is 3. The van der Waals surface area contributed by atoms with Crippen LogP contribution in [0.1, 0.15) is 50.7 Å². The van der Waals surface area contributed by atoms with Gasteiger partial charge in [-0.15, -0.1) is 0 Å². The standard InChI is InChI=1S/C23H27FN4O3/c1-14-5-6-18(17(24)11-14)27-21-20-19(25-13-26-21)16(12-30-20)15-7-9-28(10-8-15)22(29)31-23(2,3)4/h5-6,11-13,15H,7-10H2,1-4H3,(H,25,26,27). The van der Waals surface area contributed by atoms with E-state index in [9.17, 15) is 9.18 Å².